The van der Waals surface area contributed by atoms with Crippen molar-refractivity contribution in [2.75, 3.05) is 6.26 Å². The molecule has 178 valence electrons. The Balaban J connectivity index is 0.00000158. The molecule has 0 bridgehead atoms. The van der Waals surface area contributed by atoms with Gasteiger partial charge in [-0.1, -0.05) is 48.8 Å². The molecule has 0 aliphatic heterocycles. The van der Waals surface area contributed by atoms with Gasteiger partial charge in [0.05, 0.1) is 12.1 Å². The normalized spacial score (nSPS) is 11.5. The largest absolute Gasteiger partial charge is 0.470 e. The van der Waals surface area contributed by atoms with Crippen LogP contribution in [0, 0.1) is 20.8 Å². The van der Waals surface area contributed by atoms with Crippen molar-refractivity contribution >= 4 is 28.6 Å². The summed E-state index contributed by atoms with van der Waals surface area (Å²) in [4.78, 5) is 17.2. The Morgan fingerprint density at radius 2 is 1.79 bits per heavy atom. The summed E-state index contributed by atoms with van der Waals surface area (Å²) in [5.74, 6) is 0.987. The van der Waals surface area contributed by atoms with Gasteiger partial charge in [-0.25, -0.2) is 0 Å². The maximum Gasteiger partial charge on any atom is 0.272 e. The van der Waals surface area contributed by atoms with E-state index in [4.69, 9.17) is 9.26 Å². The average molecular weight is 478 g/mol. The molecule has 4 rings (SSSR count). The number of nitrogens with zero attached hydrogens (tertiary/aromatic N) is 2. The van der Waals surface area contributed by atoms with E-state index in [0.717, 1.165) is 33.3 Å². The van der Waals surface area contributed by atoms with E-state index in [1.807, 2.05) is 89.5 Å². The van der Waals surface area contributed by atoms with E-state index in [2.05, 4.69) is 21.5 Å². The van der Waals surface area contributed by atoms with Crippen molar-refractivity contribution in [1.29, 1.82) is 0 Å². The van der Waals surface area contributed by atoms with Gasteiger partial charge in [0.15, 0.2) is 5.76 Å². The predicted octanol–water partition coefficient (Wildman–Crippen LogP) is 6.23. The first-order valence-corrected chi connectivity index (χ1v) is 12.6. The molecule has 0 spiro atoms. The number of carbonyl (C=O) groups excluding carboxylic acids is 1. The molecule has 0 fully saturated rings. The van der Waals surface area contributed by atoms with Gasteiger partial charge in [-0.3, -0.25) is 9.78 Å². The van der Waals surface area contributed by atoms with Crippen molar-refractivity contribution in [1.82, 2.24) is 15.5 Å². The highest BCUT2D eigenvalue weighted by Gasteiger charge is 2.20. The molecule has 0 radical (unpaired) electrons. The second-order valence-corrected chi connectivity index (χ2v) is 8.67. The lowest BCUT2D eigenvalue weighted by Gasteiger charge is -2.17. The summed E-state index contributed by atoms with van der Waals surface area (Å²) in [6.07, 6.45) is 3.69. The minimum atomic E-state index is -0.691. The molecule has 1 N–H and O–H groups in total. The van der Waals surface area contributed by atoms with Gasteiger partial charge in [0.25, 0.3) is 5.91 Å². The van der Waals surface area contributed by atoms with Crippen LogP contribution >= 0.6 is 11.8 Å². The van der Waals surface area contributed by atoms with Crippen LogP contribution in [-0.2, 0) is 11.3 Å². The van der Waals surface area contributed by atoms with E-state index in [9.17, 15) is 4.79 Å². The summed E-state index contributed by atoms with van der Waals surface area (Å²) in [6, 6.07) is 15.8. The van der Waals surface area contributed by atoms with Gasteiger partial charge in [0, 0.05) is 23.2 Å². The third kappa shape index (κ3) is 6.17. The quantitative estimate of drug-likeness (QED) is 0.318. The molecule has 0 saturated heterocycles. The zero-order valence-corrected chi connectivity index (χ0v) is 21.3. The highest BCUT2D eigenvalue weighted by atomic mass is 32.2. The van der Waals surface area contributed by atoms with Gasteiger partial charge in [-0.2, -0.15) is 0 Å². The minimum Gasteiger partial charge on any atom is -0.470 e. The Hall–Kier alpha value is -3.32. The first kappa shape index (κ1) is 25.3. The number of thioether (sulfide) groups is 1. The van der Waals surface area contributed by atoms with Crippen molar-refractivity contribution in [2.45, 2.75) is 46.6 Å². The highest BCUT2D eigenvalue weighted by molar-refractivity contribution is 7.99. The number of ether oxygens (including phenoxy) is 1. The molecule has 34 heavy (non-hydrogen) atoms. The number of hydrogen-bond donors (Lipinski definition) is 1. The van der Waals surface area contributed by atoms with Crippen LogP contribution in [0.3, 0.4) is 0 Å². The highest BCUT2D eigenvalue weighted by Crippen LogP contribution is 2.26. The lowest BCUT2D eigenvalue weighted by Crippen LogP contribution is -2.35. The van der Waals surface area contributed by atoms with E-state index in [-0.39, 0.29) is 12.5 Å². The molecule has 1 amide bonds. The monoisotopic (exact) mass is 477 g/mol. The number of pyridine rings is 1. The number of aryl methyl sites for hydroxylation is 3. The number of fused-ring (bicyclic) bond motifs is 1. The number of hydrogen-bond acceptors (Lipinski definition) is 6. The average Bonchev–Trinajstić information content (AvgIpc) is 3.31. The van der Waals surface area contributed by atoms with Gasteiger partial charge >= 0.3 is 0 Å². The van der Waals surface area contributed by atoms with E-state index in [1.165, 1.54) is 17.3 Å². The summed E-state index contributed by atoms with van der Waals surface area (Å²) in [6.45, 7) is 10.3. The number of carbonyl (C=O) groups is 1. The molecule has 0 aliphatic carbocycles. The molecule has 2 heterocycles. The lowest BCUT2D eigenvalue weighted by molar-refractivity contribution is -0.124. The standard InChI is InChI=1S/C25H25N3O3S.C2H6/c1-15-5-7-18(8-6-15)22-12-21(31-28-22)14-27-24(29)25(32-4)30-20-10-17(3)23-19(11-20)9-16(2)13-26-23;1-2/h5-13,25H,14H2,1-4H3,(H,27,29);1-2H3. The fraction of sp³-hybridized carbons (Fsp3) is 0.296. The molecule has 6 nitrogen and oxygen atoms in total. The fourth-order valence-electron chi connectivity index (χ4n) is 3.42. The molecular formula is C27H31N3O3S. The Kier molecular flexibility index (Phi) is 8.71. The Morgan fingerprint density at radius 1 is 1.06 bits per heavy atom. The van der Waals surface area contributed by atoms with Crippen LogP contribution in [0.2, 0.25) is 0 Å². The Morgan fingerprint density at radius 3 is 2.50 bits per heavy atom. The van der Waals surface area contributed by atoms with Crippen LogP contribution in [0.4, 0.5) is 0 Å². The van der Waals surface area contributed by atoms with Gasteiger partial charge < -0.3 is 14.6 Å². The number of rotatable bonds is 7. The topological polar surface area (TPSA) is 77.2 Å². The summed E-state index contributed by atoms with van der Waals surface area (Å²) in [7, 11) is 0. The molecule has 4 aromatic rings. The van der Waals surface area contributed by atoms with Crippen LogP contribution in [0.5, 0.6) is 5.75 Å². The smallest absolute Gasteiger partial charge is 0.272 e. The second kappa shape index (κ2) is 11.7. The van der Waals surface area contributed by atoms with Crippen molar-refractivity contribution in [3.63, 3.8) is 0 Å². The molecular weight excluding hydrogens is 446 g/mol. The van der Waals surface area contributed by atoms with Crippen molar-refractivity contribution in [3.05, 3.63) is 77.2 Å². The van der Waals surface area contributed by atoms with Crippen LogP contribution in [0.15, 0.2) is 59.3 Å². The summed E-state index contributed by atoms with van der Waals surface area (Å²) in [5, 5.41) is 7.97. The van der Waals surface area contributed by atoms with Crippen molar-refractivity contribution in [2.24, 2.45) is 0 Å². The SMILES string of the molecule is CC.CSC(Oc1cc(C)c2ncc(C)cc2c1)C(=O)NCc1cc(-c2ccc(C)cc2)no1. The zero-order valence-electron chi connectivity index (χ0n) is 20.5. The third-order valence-corrected chi connectivity index (χ3v) is 5.84. The van der Waals surface area contributed by atoms with Gasteiger partial charge in [-0.15, -0.1) is 11.8 Å². The van der Waals surface area contributed by atoms with Crippen LogP contribution in [0.25, 0.3) is 22.2 Å². The third-order valence-electron chi connectivity index (χ3n) is 5.10. The van der Waals surface area contributed by atoms with Crippen LogP contribution in [0.1, 0.15) is 36.3 Å². The molecule has 0 saturated carbocycles. The van der Waals surface area contributed by atoms with E-state index < -0.39 is 5.44 Å². The van der Waals surface area contributed by atoms with Crippen molar-refractivity contribution < 1.29 is 14.1 Å². The zero-order chi connectivity index (χ0) is 24.7. The molecule has 7 heteroatoms. The lowest BCUT2D eigenvalue weighted by atomic mass is 10.1. The molecule has 2 aromatic carbocycles. The molecule has 1 atom stereocenters. The Bertz CT molecular complexity index is 1250. The maximum atomic E-state index is 12.7. The van der Waals surface area contributed by atoms with E-state index in [0.29, 0.717) is 11.5 Å². The van der Waals surface area contributed by atoms with E-state index >= 15 is 0 Å². The van der Waals surface area contributed by atoms with Gasteiger partial charge in [0.1, 0.15) is 11.4 Å². The number of amides is 1. The second-order valence-electron chi connectivity index (χ2n) is 7.77. The fourth-order valence-corrected chi connectivity index (χ4v) is 3.93. The molecule has 0 aliphatic rings. The van der Waals surface area contributed by atoms with Gasteiger partial charge in [-0.05, 0) is 56.4 Å². The minimum absolute atomic E-state index is 0.231. The summed E-state index contributed by atoms with van der Waals surface area (Å²) in [5.41, 5.74) is 5.21. The number of benzene rings is 2. The van der Waals surface area contributed by atoms with Gasteiger partial charge in [0.2, 0.25) is 5.44 Å². The van der Waals surface area contributed by atoms with Crippen molar-refractivity contribution in [3.8, 4) is 17.0 Å². The number of nitrogens with one attached hydrogen (secondary N) is 1. The molecule has 1 unspecified atom stereocenters. The predicted molar refractivity (Wildman–Crippen MR) is 139 cm³/mol. The van der Waals surface area contributed by atoms with Crippen LogP contribution < -0.4 is 10.1 Å². The first-order valence-electron chi connectivity index (χ1n) is 11.3. The summed E-state index contributed by atoms with van der Waals surface area (Å²) < 4.78 is 11.4. The Labute approximate surface area is 205 Å². The van der Waals surface area contributed by atoms with Crippen LogP contribution in [-0.4, -0.2) is 27.7 Å². The van der Waals surface area contributed by atoms with E-state index in [1.54, 1.807) is 0 Å². The first-order chi connectivity index (χ1) is 16.4. The summed E-state index contributed by atoms with van der Waals surface area (Å²) >= 11 is 1.33. The maximum absolute atomic E-state index is 12.7. The number of aromatic nitrogens is 2. The molecule has 2 aromatic heterocycles.